The van der Waals surface area contributed by atoms with Gasteiger partial charge in [0.25, 0.3) is 5.91 Å². The van der Waals surface area contributed by atoms with Gasteiger partial charge in [-0.1, -0.05) is 44.2 Å². The van der Waals surface area contributed by atoms with Crippen LogP contribution in [0.2, 0.25) is 0 Å². The van der Waals surface area contributed by atoms with Crippen LogP contribution in [0.15, 0.2) is 48.7 Å². The lowest BCUT2D eigenvalue weighted by molar-refractivity contribution is -0.142. The fourth-order valence-electron chi connectivity index (χ4n) is 3.72. The standard InChI is InChI=1S/C26H35N5O7/c1-3-18(30-24(35)20-11-8-12-27-20)23(34)31-21(15-32)25(36)28-17(13-16-9-6-5-7-10-16)14-22(33)29-19(4-2)26(37)38/h5-12,17-19,21,27,32H,3-4,13-15H2,1-2H3,(H,28,36)(H,29,33)(H,30,35)(H,31,34)(H,37,38)/t17-,18-,19-,21-/m0/s1. The maximum atomic E-state index is 13.0. The molecule has 12 nitrogen and oxygen atoms in total. The van der Waals surface area contributed by atoms with Crippen LogP contribution in [-0.2, 0) is 25.6 Å². The lowest BCUT2D eigenvalue weighted by Crippen LogP contribution is -2.56. The zero-order chi connectivity index (χ0) is 28.1. The molecule has 0 aliphatic heterocycles. The molecular weight excluding hydrogens is 494 g/mol. The Morgan fingerprint density at radius 3 is 2.03 bits per heavy atom. The lowest BCUT2D eigenvalue weighted by atomic mass is 10.0. The van der Waals surface area contributed by atoms with Crippen molar-refractivity contribution in [3.8, 4) is 0 Å². The summed E-state index contributed by atoms with van der Waals surface area (Å²) < 4.78 is 0. The van der Waals surface area contributed by atoms with Gasteiger partial charge in [0.2, 0.25) is 17.7 Å². The number of aromatic amines is 1. The minimum absolute atomic E-state index is 0.189. The van der Waals surface area contributed by atoms with Crippen molar-refractivity contribution >= 4 is 29.6 Å². The molecule has 0 radical (unpaired) electrons. The van der Waals surface area contributed by atoms with Gasteiger partial charge in [0.05, 0.1) is 6.61 Å². The Kier molecular flexibility index (Phi) is 12.0. The Morgan fingerprint density at radius 1 is 0.816 bits per heavy atom. The SMILES string of the molecule is CC[C@H](NC(=O)C[C@H](Cc1ccccc1)NC(=O)[C@H](CO)NC(=O)[C@H](CC)NC(=O)c1ccc[nH]1)C(=O)O. The normalized spacial score (nSPS) is 13.9. The average Bonchev–Trinajstić information content (AvgIpc) is 3.44. The summed E-state index contributed by atoms with van der Waals surface area (Å²) in [7, 11) is 0. The van der Waals surface area contributed by atoms with E-state index in [1.165, 1.54) is 0 Å². The number of carboxylic acids is 1. The summed E-state index contributed by atoms with van der Waals surface area (Å²) in [6, 6.07) is 8.11. The molecule has 0 aliphatic carbocycles. The molecule has 4 atom stereocenters. The quantitative estimate of drug-likeness (QED) is 0.170. The zero-order valence-electron chi connectivity index (χ0n) is 21.4. The Labute approximate surface area is 220 Å². The van der Waals surface area contributed by atoms with Crippen LogP contribution < -0.4 is 21.3 Å². The number of aliphatic hydroxyl groups excluding tert-OH is 1. The number of hydrogen-bond acceptors (Lipinski definition) is 6. The first-order chi connectivity index (χ1) is 18.2. The van der Waals surface area contributed by atoms with E-state index in [1.54, 1.807) is 44.3 Å². The number of nitrogens with one attached hydrogen (secondary N) is 5. The number of carbonyl (C=O) groups excluding carboxylic acids is 4. The highest BCUT2D eigenvalue weighted by atomic mass is 16.4. The summed E-state index contributed by atoms with van der Waals surface area (Å²) in [5.74, 6) is -3.62. The van der Waals surface area contributed by atoms with E-state index in [0.29, 0.717) is 0 Å². The molecule has 7 N–H and O–H groups in total. The van der Waals surface area contributed by atoms with Crippen LogP contribution in [-0.4, -0.2) is 75.6 Å². The monoisotopic (exact) mass is 529 g/mol. The molecule has 1 heterocycles. The summed E-state index contributed by atoms with van der Waals surface area (Å²) in [6.07, 6.45) is 2.02. The number of aliphatic hydroxyl groups is 1. The average molecular weight is 530 g/mol. The molecule has 2 rings (SSSR count). The second-order valence-corrected chi connectivity index (χ2v) is 8.73. The minimum atomic E-state index is -1.34. The fourth-order valence-corrected chi connectivity index (χ4v) is 3.72. The first kappa shape index (κ1) is 30.0. The third-order valence-electron chi connectivity index (χ3n) is 5.83. The molecule has 0 fully saturated rings. The van der Waals surface area contributed by atoms with E-state index < -0.39 is 60.4 Å². The molecule has 0 bridgehead atoms. The summed E-state index contributed by atoms with van der Waals surface area (Å²) in [4.78, 5) is 64.7. The van der Waals surface area contributed by atoms with Crippen molar-refractivity contribution in [3.05, 3.63) is 59.9 Å². The second kappa shape index (κ2) is 15.2. The lowest BCUT2D eigenvalue weighted by Gasteiger charge is -2.24. The van der Waals surface area contributed by atoms with E-state index in [9.17, 15) is 34.2 Å². The van der Waals surface area contributed by atoms with Gasteiger partial charge in [-0.25, -0.2) is 4.79 Å². The first-order valence-electron chi connectivity index (χ1n) is 12.4. The van der Waals surface area contributed by atoms with Crippen LogP contribution in [0, 0.1) is 0 Å². The summed E-state index contributed by atoms with van der Waals surface area (Å²) in [5.41, 5.74) is 1.08. The molecule has 0 aliphatic rings. The number of H-pyrrole nitrogens is 1. The van der Waals surface area contributed by atoms with Crippen molar-refractivity contribution in [1.29, 1.82) is 0 Å². The third kappa shape index (κ3) is 9.36. The minimum Gasteiger partial charge on any atom is -0.480 e. The van der Waals surface area contributed by atoms with E-state index in [4.69, 9.17) is 0 Å². The van der Waals surface area contributed by atoms with Crippen molar-refractivity contribution < 1.29 is 34.2 Å². The van der Waals surface area contributed by atoms with Gasteiger partial charge in [0, 0.05) is 18.7 Å². The zero-order valence-corrected chi connectivity index (χ0v) is 21.4. The number of aliphatic carboxylic acids is 1. The van der Waals surface area contributed by atoms with Crippen molar-refractivity contribution in [2.45, 2.75) is 63.7 Å². The third-order valence-corrected chi connectivity index (χ3v) is 5.83. The van der Waals surface area contributed by atoms with Gasteiger partial charge >= 0.3 is 5.97 Å². The van der Waals surface area contributed by atoms with Gasteiger partial charge in [-0.2, -0.15) is 0 Å². The second-order valence-electron chi connectivity index (χ2n) is 8.73. The fraction of sp³-hybridized carbons (Fsp3) is 0.423. The molecule has 4 amide bonds. The smallest absolute Gasteiger partial charge is 0.326 e. The summed E-state index contributed by atoms with van der Waals surface area (Å²) in [6.45, 7) is 2.59. The van der Waals surface area contributed by atoms with Crippen LogP contribution in [0.25, 0.3) is 0 Å². The van der Waals surface area contributed by atoms with Crippen LogP contribution in [0.1, 0.15) is 49.2 Å². The molecule has 0 spiro atoms. The van der Waals surface area contributed by atoms with E-state index >= 15 is 0 Å². The van der Waals surface area contributed by atoms with Gasteiger partial charge in [-0.05, 0) is 37.0 Å². The molecule has 206 valence electrons. The highest BCUT2D eigenvalue weighted by Crippen LogP contribution is 2.08. The van der Waals surface area contributed by atoms with Crippen LogP contribution in [0.5, 0.6) is 0 Å². The Balaban J connectivity index is 2.07. The number of amides is 4. The highest BCUT2D eigenvalue weighted by Gasteiger charge is 2.28. The molecule has 2 aromatic rings. The van der Waals surface area contributed by atoms with Gasteiger partial charge in [-0.15, -0.1) is 0 Å². The molecule has 0 saturated heterocycles. The first-order valence-corrected chi connectivity index (χ1v) is 12.4. The predicted molar refractivity (Wildman–Crippen MR) is 138 cm³/mol. The van der Waals surface area contributed by atoms with E-state index in [0.717, 1.165) is 5.56 Å². The van der Waals surface area contributed by atoms with Crippen LogP contribution in [0.4, 0.5) is 0 Å². The van der Waals surface area contributed by atoms with Gasteiger partial charge in [0.15, 0.2) is 0 Å². The van der Waals surface area contributed by atoms with E-state index in [-0.39, 0.29) is 31.4 Å². The van der Waals surface area contributed by atoms with Crippen molar-refractivity contribution in [2.75, 3.05) is 6.61 Å². The number of carbonyl (C=O) groups is 5. The number of benzene rings is 1. The molecule has 38 heavy (non-hydrogen) atoms. The van der Waals surface area contributed by atoms with E-state index in [2.05, 4.69) is 26.3 Å². The maximum Gasteiger partial charge on any atom is 0.326 e. The Bertz CT molecular complexity index is 1070. The highest BCUT2D eigenvalue weighted by molar-refractivity contribution is 5.97. The molecule has 0 saturated carbocycles. The van der Waals surface area contributed by atoms with Crippen LogP contribution >= 0.6 is 0 Å². The van der Waals surface area contributed by atoms with E-state index in [1.807, 2.05) is 18.2 Å². The summed E-state index contributed by atoms with van der Waals surface area (Å²) >= 11 is 0. The number of hydrogen-bond donors (Lipinski definition) is 7. The molecule has 1 aromatic carbocycles. The molecular formula is C26H35N5O7. The number of aromatic nitrogens is 1. The van der Waals surface area contributed by atoms with Crippen LogP contribution in [0.3, 0.4) is 0 Å². The summed E-state index contributed by atoms with van der Waals surface area (Å²) in [5, 5.41) is 29.2. The van der Waals surface area contributed by atoms with Gasteiger partial charge < -0.3 is 36.5 Å². The molecule has 12 heteroatoms. The number of carboxylic acid groups (broad SMARTS) is 1. The van der Waals surface area contributed by atoms with Crippen molar-refractivity contribution in [1.82, 2.24) is 26.3 Å². The molecule has 0 unspecified atom stereocenters. The topological polar surface area (TPSA) is 190 Å². The Hall–Kier alpha value is -4.19. The Morgan fingerprint density at radius 2 is 1.47 bits per heavy atom. The maximum absolute atomic E-state index is 13.0. The van der Waals surface area contributed by atoms with Gasteiger partial charge in [0.1, 0.15) is 23.8 Å². The number of rotatable bonds is 15. The largest absolute Gasteiger partial charge is 0.480 e. The van der Waals surface area contributed by atoms with Crippen molar-refractivity contribution in [2.24, 2.45) is 0 Å². The van der Waals surface area contributed by atoms with Crippen molar-refractivity contribution in [3.63, 3.8) is 0 Å². The molecule has 1 aromatic heterocycles. The van der Waals surface area contributed by atoms with Gasteiger partial charge in [-0.3, -0.25) is 19.2 Å². The predicted octanol–water partition coefficient (Wildman–Crippen LogP) is 0.0972.